The van der Waals surface area contributed by atoms with Gasteiger partial charge in [-0.2, -0.15) is 0 Å². The Kier molecular flexibility index (Phi) is 3.77. The zero-order valence-corrected chi connectivity index (χ0v) is 10.3. The van der Waals surface area contributed by atoms with Crippen molar-refractivity contribution < 1.29 is 9.90 Å². The van der Waals surface area contributed by atoms with E-state index in [-0.39, 0.29) is 12.1 Å². The van der Waals surface area contributed by atoms with Crippen LogP contribution in [0.4, 0.5) is 0 Å². The van der Waals surface area contributed by atoms with E-state index in [0.717, 1.165) is 12.3 Å². The molecule has 0 aliphatic heterocycles. The Labute approximate surface area is 92.5 Å². The number of carbonyl (C=O) groups is 1. The van der Waals surface area contributed by atoms with Gasteiger partial charge in [0.15, 0.2) is 0 Å². The number of carboxylic acids is 1. The summed E-state index contributed by atoms with van der Waals surface area (Å²) in [5.74, 6) is 0.0117. The van der Waals surface area contributed by atoms with Crippen LogP contribution in [0.15, 0.2) is 0 Å². The molecule has 0 bridgehead atoms. The number of nitrogens with zero attached hydrogens (tertiary/aromatic N) is 1. The molecule has 0 saturated heterocycles. The molecular formula is C12H23NO2. The molecule has 15 heavy (non-hydrogen) atoms. The smallest absolute Gasteiger partial charge is 0.317 e. The van der Waals surface area contributed by atoms with Gasteiger partial charge in [-0.3, -0.25) is 9.69 Å². The van der Waals surface area contributed by atoms with Crippen molar-refractivity contribution >= 4 is 5.97 Å². The third kappa shape index (κ3) is 3.49. The summed E-state index contributed by atoms with van der Waals surface area (Å²) in [6.45, 7) is 8.62. The topological polar surface area (TPSA) is 40.5 Å². The Morgan fingerprint density at radius 3 is 2.27 bits per heavy atom. The van der Waals surface area contributed by atoms with E-state index in [2.05, 4.69) is 32.6 Å². The standard InChI is InChI=1S/C12H23NO2/c1-5-10(9-6-7-9)13(8-11(14)15)12(2,3)4/h9-10H,5-8H2,1-4H3,(H,14,15). The second-order valence-corrected chi connectivity index (χ2v) is 5.51. The highest BCUT2D eigenvalue weighted by atomic mass is 16.4. The monoisotopic (exact) mass is 213 g/mol. The fourth-order valence-corrected chi connectivity index (χ4v) is 2.29. The van der Waals surface area contributed by atoms with Crippen LogP contribution < -0.4 is 0 Å². The second kappa shape index (κ2) is 4.52. The van der Waals surface area contributed by atoms with Crippen LogP contribution in [0.1, 0.15) is 47.0 Å². The summed E-state index contributed by atoms with van der Waals surface area (Å²) < 4.78 is 0. The van der Waals surface area contributed by atoms with Crippen molar-refractivity contribution in [2.45, 2.75) is 58.5 Å². The molecular weight excluding hydrogens is 190 g/mol. The van der Waals surface area contributed by atoms with Crippen LogP contribution in [0.2, 0.25) is 0 Å². The normalized spacial score (nSPS) is 19.3. The minimum Gasteiger partial charge on any atom is -0.480 e. The summed E-state index contributed by atoms with van der Waals surface area (Å²) in [4.78, 5) is 13.0. The third-order valence-corrected chi connectivity index (χ3v) is 3.15. The Bertz CT molecular complexity index is 228. The maximum Gasteiger partial charge on any atom is 0.317 e. The molecule has 1 fully saturated rings. The van der Waals surface area contributed by atoms with Gasteiger partial charge in [0.1, 0.15) is 0 Å². The van der Waals surface area contributed by atoms with E-state index in [9.17, 15) is 4.79 Å². The van der Waals surface area contributed by atoms with Crippen molar-refractivity contribution in [1.29, 1.82) is 0 Å². The molecule has 88 valence electrons. The second-order valence-electron chi connectivity index (χ2n) is 5.51. The highest BCUT2D eigenvalue weighted by molar-refractivity contribution is 5.69. The van der Waals surface area contributed by atoms with Crippen molar-refractivity contribution in [3.63, 3.8) is 0 Å². The highest BCUT2D eigenvalue weighted by Gasteiger charge is 2.38. The van der Waals surface area contributed by atoms with Gasteiger partial charge in [0.25, 0.3) is 0 Å². The van der Waals surface area contributed by atoms with Crippen molar-refractivity contribution in [3.05, 3.63) is 0 Å². The zero-order valence-electron chi connectivity index (χ0n) is 10.3. The molecule has 3 nitrogen and oxygen atoms in total. The fraction of sp³-hybridized carbons (Fsp3) is 0.917. The molecule has 1 aliphatic carbocycles. The first kappa shape index (κ1) is 12.5. The summed E-state index contributed by atoms with van der Waals surface area (Å²) in [5.41, 5.74) is -0.0539. The number of aliphatic carboxylic acids is 1. The van der Waals surface area contributed by atoms with E-state index in [4.69, 9.17) is 5.11 Å². The van der Waals surface area contributed by atoms with Crippen LogP contribution >= 0.6 is 0 Å². The molecule has 0 aromatic rings. The first-order valence-corrected chi connectivity index (χ1v) is 5.84. The van der Waals surface area contributed by atoms with Crippen molar-refractivity contribution in [3.8, 4) is 0 Å². The number of hydrogen-bond donors (Lipinski definition) is 1. The summed E-state index contributed by atoms with van der Waals surface area (Å²) in [6.07, 6.45) is 3.59. The fourth-order valence-electron chi connectivity index (χ4n) is 2.29. The van der Waals surface area contributed by atoms with Crippen molar-refractivity contribution in [1.82, 2.24) is 4.90 Å². The third-order valence-electron chi connectivity index (χ3n) is 3.15. The van der Waals surface area contributed by atoms with Crippen LogP contribution in [-0.4, -0.2) is 34.1 Å². The minimum absolute atomic E-state index is 0.0539. The zero-order chi connectivity index (χ0) is 11.6. The molecule has 0 spiro atoms. The van der Waals surface area contributed by atoms with Crippen molar-refractivity contribution in [2.24, 2.45) is 5.92 Å². The average Bonchev–Trinajstić information content (AvgIpc) is 2.85. The quantitative estimate of drug-likeness (QED) is 0.762. The maximum atomic E-state index is 10.9. The predicted molar refractivity (Wildman–Crippen MR) is 60.9 cm³/mol. The van der Waals surface area contributed by atoms with E-state index in [1.807, 2.05) is 0 Å². The number of carboxylic acid groups (broad SMARTS) is 1. The summed E-state index contributed by atoms with van der Waals surface area (Å²) in [5, 5.41) is 8.95. The molecule has 0 radical (unpaired) electrons. The van der Waals surface area contributed by atoms with Crippen LogP contribution in [0.3, 0.4) is 0 Å². The first-order chi connectivity index (χ1) is 6.86. The van der Waals surface area contributed by atoms with Gasteiger partial charge in [-0.25, -0.2) is 0 Å². The Hall–Kier alpha value is -0.570. The van der Waals surface area contributed by atoms with Crippen molar-refractivity contribution in [2.75, 3.05) is 6.54 Å². The largest absolute Gasteiger partial charge is 0.480 e. The molecule has 0 heterocycles. The number of rotatable bonds is 5. The van der Waals surface area contributed by atoms with E-state index < -0.39 is 5.97 Å². The van der Waals surface area contributed by atoms with Gasteiger partial charge in [0.05, 0.1) is 6.54 Å². The molecule has 1 N–H and O–H groups in total. The first-order valence-electron chi connectivity index (χ1n) is 5.84. The Morgan fingerprint density at radius 2 is 2.00 bits per heavy atom. The van der Waals surface area contributed by atoms with E-state index in [0.29, 0.717) is 6.04 Å². The van der Waals surface area contributed by atoms with E-state index >= 15 is 0 Å². The van der Waals surface area contributed by atoms with Crippen LogP contribution in [0.25, 0.3) is 0 Å². The SMILES string of the molecule is CCC(C1CC1)N(CC(=O)O)C(C)(C)C. The van der Waals surface area contributed by atoms with E-state index in [1.165, 1.54) is 12.8 Å². The lowest BCUT2D eigenvalue weighted by Gasteiger charge is -2.40. The Morgan fingerprint density at radius 1 is 1.47 bits per heavy atom. The molecule has 0 aromatic carbocycles. The van der Waals surface area contributed by atoms with E-state index in [1.54, 1.807) is 0 Å². The van der Waals surface area contributed by atoms with Gasteiger partial charge >= 0.3 is 5.97 Å². The van der Waals surface area contributed by atoms with Gasteiger partial charge in [0, 0.05) is 11.6 Å². The van der Waals surface area contributed by atoms with Gasteiger partial charge in [-0.15, -0.1) is 0 Å². The number of hydrogen-bond acceptors (Lipinski definition) is 2. The minimum atomic E-state index is -0.718. The summed E-state index contributed by atoms with van der Waals surface area (Å²) in [7, 11) is 0. The van der Waals surface area contributed by atoms with Gasteiger partial charge in [0.2, 0.25) is 0 Å². The van der Waals surface area contributed by atoms with Gasteiger partial charge < -0.3 is 5.11 Å². The molecule has 1 atom stereocenters. The molecule has 1 unspecified atom stereocenters. The molecule has 1 aliphatic rings. The lowest BCUT2D eigenvalue weighted by atomic mass is 9.98. The molecule has 0 aromatic heterocycles. The van der Waals surface area contributed by atoms with Gasteiger partial charge in [-0.05, 0) is 46.0 Å². The maximum absolute atomic E-state index is 10.9. The lowest BCUT2D eigenvalue weighted by molar-refractivity contribution is -0.141. The summed E-state index contributed by atoms with van der Waals surface area (Å²) in [6, 6.07) is 0.445. The highest BCUT2D eigenvalue weighted by Crippen LogP contribution is 2.38. The van der Waals surface area contributed by atoms with Gasteiger partial charge in [-0.1, -0.05) is 6.92 Å². The molecule has 1 rings (SSSR count). The molecule has 3 heteroatoms. The lowest BCUT2D eigenvalue weighted by Crippen LogP contribution is -2.51. The van der Waals surface area contributed by atoms with Crippen LogP contribution in [0, 0.1) is 5.92 Å². The predicted octanol–water partition coefficient (Wildman–Crippen LogP) is 2.36. The molecule has 1 saturated carbocycles. The van der Waals surface area contributed by atoms with Crippen LogP contribution in [0.5, 0.6) is 0 Å². The van der Waals surface area contributed by atoms with Crippen LogP contribution in [-0.2, 0) is 4.79 Å². The Balaban J connectivity index is 2.73. The summed E-state index contributed by atoms with van der Waals surface area (Å²) >= 11 is 0. The molecule has 0 amide bonds. The average molecular weight is 213 g/mol.